The summed E-state index contributed by atoms with van der Waals surface area (Å²) in [7, 11) is 1.23. The van der Waals surface area contributed by atoms with Crippen molar-refractivity contribution >= 4 is 17.6 Å². The summed E-state index contributed by atoms with van der Waals surface area (Å²) < 4.78 is 10.3. The molecule has 1 aromatic heterocycles. The molecule has 1 spiro atoms. The smallest absolute Gasteiger partial charge is 0.340 e. The van der Waals surface area contributed by atoms with E-state index < -0.39 is 17.3 Å². The molecule has 4 N–H and O–H groups in total. The van der Waals surface area contributed by atoms with E-state index in [1.165, 1.54) is 7.11 Å². The lowest BCUT2D eigenvalue weighted by Crippen LogP contribution is -2.45. The number of aromatic amines is 1. The van der Waals surface area contributed by atoms with Gasteiger partial charge in [-0.05, 0) is 13.0 Å². The minimum atomic E-state index is -1.46. The highest BCUT2D eigenvalue weighted by molar-refractivity contribution is 6.17. The van der Waals surface area contributed by atoms with Gasteiger partial charge < -0.3 is 20.5 Å². The van der Waals surface area contributed by atoms with Crippen molar-refractivity contribution < 1.29 is 19.1 Å². The van der Waals surface area contributed by atoms with Gasteiger partial charge in [-0.2, -0.15) is 0 Å². The van der Waals surface area contributed by atoms with Crippen molar-refractivity contribution in [1.82, 2.24) is 10.2 Å². The number of methoxy groups -OCH3 is 1. The average Bonchev–Trinajstić information content (AvgIpc) is 3.06. The van der Waals surface area contributed by atoms with Gasteiger partial charge in [-0.1, -0.05) is 18.2 Å². The van der Waals surface area contributed by atoms with Crippen LogP contribution in [0.2, 0.25) is 0 Å². The minimum Gasteiger partial charge on any atom is -0.465 e. The highest BCUT2D eigenvalue weighted by atomic mass is 16.5. The number of ether oxygens (including phenoxy) is 2. The van der Waals surface area contributed by atoms with Crippen LogP contribution in [-0.2, 0) is 19.7 Å². The van der Waals surface area contributed by atoms with Crippen LogP contribution in [0.25, 0.3) is 0 Å². The Morgan fingerprint density at radius 3 is 2.88 bits per heavy atom. The molecule has 1 amide bonds. The number of amides is 1. The number of para-hydroxylation sites is 1. The number of rotatable bonds is 1. The number of H-pyrrole nitrogens is 1. The maximum Gasteiger partial charge on any atom is 0.340 e. The third kappa shape index (κ3) is 1.49. The third-order valence-corrected chi connectivity index (χ3v) is 4.43. The fourth-order valence-corrected chi connectivity index (χ4v) is 3.50. The Morgan fingerprint density at radius 1 is 1.38 bits per heavy atom. The summed E-state index contributed by atoms with van der Waals surface area (Å²) in [6.07, 6.45) is 0. The Morgan fingerprint density at radius 2 is 2.12 bits per heavy atom. The number of carbonyl (C=O) groups is 2. The maximum absolute atomic E-state index is 13.1. The van der Waals surface area contributed by atoms with Gasteiger partial charge in [0.2, 0.25) is 17.7 Å². The molecule has 2 aromatic rings. The van der Waals surface area contributed by atoms with Gasteiger partial charge in [0.25, 0.3) is 0 Å². The van der Waals surface area contributed by atoms with Crippen LogP contribution in [0, 0.1) is 6.92 Å². The molecular formula is C16H14N4O4. The number of aromatic nitrogens is 2. The lowest BCUT2D eigenvalue weighted by atomic mass is 9.68. The lowest BCUT2D eigenvalue weighted by Gasteiger charge is -2.33. The zero-order valence-corrected chi connectivity index (χ0v) is 13.0. The minimum absolute atomic E-state index is 0.0514. The Bertz CT molecular complexity index is 930. The van der Waals surface area contributed by atoms with Gasteiger partial charge in [-0.25, -0.2) is 4.79 Å². The molecule has 8 heteroatoms. The summed E-state index contributed by atoms with van der Waals surface area (Å²) in [5.41, 5.74) is 6.73. The highest BCUT2D eigenvalue weighted by Crippen LogP contribution is 2.53. The summed E-state index contributed by atoms with van der Waals surface area (Å²) >= 11 is 0. The van der Waals surface area contributed by atoms with Crippen molar-refractivity contribution in [3.8, 4) is 5.88 Å². The average molecular weight is 326 g/mol. The molecule has 24 heavy (non-hydrogen) atoms. The largest absolute Gasteiger partial charge is 0.465 e. The first-order chi connectivity index (χ1) is 11.5. The van der Waals surface area contributed by atoms with Crippen LogP contribution >= 0.6 is 0 Å². The topological polar surface area (TPSA) is 119 Å². The molecule has 2 aliphatic heterocycles. The molecule has 4 rings (SSSR count). The Hall–Kier alpha value is -3.29. The second-order valence-electron chi connectivity index (χ2n) is 5.61. The van der Waals surface area contributed by atoms with Crippen LogP contribution in [0.1, 0.15) is 16.8 Å². The monoisotopic (exact) mass is 326 g/mol. The van der Waals surface area contributed by atoms with Gasteiger partial charge >= 0.3 is 5.97 Å². The van der Waals surface area contributed by atoms with Crippen molar-refractivity contribution in [3.05, 3.63) is 52.5 Å². The number of hydrogen-bond donors (Lipinski definition) is 3. The number of esters is 1. The van der Waals surface area contributed by atoms with Crippen molar-refractivity contribution in [3.63, 3.8) is 0 Å². The highest BCUT2D eigenvalue weighted by Gasteiger charge is 2.60. The van der Waals surface area contributed by atoms with E-state index in [0.717, 1.165) is 0 Å². The Kier molecular flexibility index (Phi) is 2.75. The van der Waals surface area contributed by atoms with Crippen LogP contribution in [0.15, 0.2) is 35.7 Å². The first-order valence-electron chi connectivity index (χ1n) is 7.24. The van der Waals surface area contributed by atoms with Crippen molar-refractivity contribution in [2.45, 2.75) is 12.3 Å². The van der Waals surface area contributed by atoms with E-state index in [-0.39, 0.29) is 17.3 Å². The van der Waals surface area contributed by atoms with Crippen LogP contribution in [0.5, 0.6) is 5.88 Å². The molecule has 0 fully saturated rings. The van der Waals surface area contributed by atoms with Gasteiger partial charge in [-0.15, -0.1) is 5.10 Å². The number of nitrogens with one attached hydrogen (secondary N) is 2. The molecule has 0 bridgehead atoms. The standard InChI is InChI=1S/C16H14N4O4/c1-7-10-13(20-19-7)24-12(17)11(14(21)23-2)16(10)8-5-3-4-6-9(8)18-15(16)22/h3-6H,17H2,1-2H3,(H,18,22)(H,19,20)/t16-/m0/s1. The van der Waals surface area contributed by atoms with Crippen molar-refractivity contribution in [2.75, 3.05) is 12.4 Å². The van der Waals surface area contributed by atoms with E-state index >= 15 is 0 Å². The van der Waals surface area contributed by atoms with E-state index in [0.29, 0.717) is 22.5 Å². The van der Waals surface area contributed by atoms with Crippen molar-refractivity contribution in [1.29, 1.82) is 0 Å². The molecule has 0 unspecified atom stereocenters. The Balaban J connectivity index is 2.16. The predicted molar refractivity (Wildman–Crippen MR) is 83.0 cm³/mol. The van der Waals surface area contributed by atoms with E-state index in [9.17, 15) is 9.59 Å². The lowest BCUT2D eigenvalue weighted by molar-refractivity contribution is -0.138. The van der Waals surface area contributed by atoms with Gasteiger partial charge in [0.15, 0.2) is 0 Å². The van der Waals surface area contributed by atoms with E-state index in [4.69, 9.17) is 15.2 Å². The molecule has 2 aliphatic rings. The molecule has 1 atom stereocenters. The van der Waals surface area contributed by atoms with E-state index in [1.807, 2.05) is 0 Å². The summed E-state index contributed by atoms with van der Waals surface area (Å²) in [4.78, 5) is 25.6. The predicted octanol–water partition coefficient (Wildman–Crippen LogP) is 0.692. The molecule has 0 saturated carbocycles. The number of nitrogens with zero attached hydrogens (tertiary/aromatic N) is 1. The zero-order valence-electron chi connectivity index (χ0n) is 13.0. The normalized spacial score (nSPS) is 21.2. The molecule has 1 aromatic carbocycles. The van der Waals surface area contributed by atoms with Gasteiger partial charge in [0.05, 0.1) is 12.7 Å². The molecule has 8 nitrogen and oxygen atoms in total. The second-order valence-corrected chi connectivity index (χ2v) is 5.61. The molecular weight excluding hydrogens is 312 g/mol. The van der Waals surface area contributed by atoms with Crippen LogP contribution in [0.4, 0.5) is 5.69 Å². The van der Waals surface area contributed by atoms with E-state index in [2.05, 4.69) is 15.5 Å². The number of carbonyl (C=O) groups excluding carboxylic acids is 2. The maximum atomic E-state index is 13.1. The molecule has 122 valence electrons. The fourth-order valence-electron chi connectivity index (χ4n) is 3.50. The van der Waals surface area contributed by atoms with Crippen LogP contribution < -0.4 is 15.8 Å². The van der Waals surface area contributed by atoms with Crippen molar-refractivity contribution in [2.24, 2.45) is 5.73 Å². The van der Waals surface area contributed by atoms with Crippen LogP contribution in [-0.4, -0.2) is 29.2 Å². The van der Waals surface area contributed by atoms with Gasteiger partial charge in [0, 0.05) is 16.9 Å². The van der Waals surface area contributed by atoms with Gasteiger partial charge in [-0.3, -0.25) is 9.89 Å². The molecule has 0 radical (unpaired) electrons. The summed E-state index contributed by atoms with van der Waals surface area (Å²) in [5.74, 6) is -1.16. The summed E-state index contributed by atoms with van der Waals surface area (Å²) in [6, 6.07) is 7.12. The fraction of sp³-hybridized carbons (Fsp3) is 0.188. The summed E-state index contributed by atoms with van der Waals surface area (Å²) in [5, 5.41) is 9.66. The number of anilines is 1. The Labute approximate surface area is 136 Å². The zero-order chi connectivity index (χ0) is 17.1. The SMILES string of the molecule is COC(=O)C1=C(N)Oc2n[nH]c(C)c2[C@]12C(=O)Nc1ccccc12. The first-order valence-corrected chi connectivity index (χ1v) is 7.24. The molecule has 0 saturated heterocycles. The molecule has 3 heterocycles. The van der Waals surface area contributed by atoms with Gasteiger partial charge in [0.1, 0.15) is 11.0 Å². The third-order valence-electron chi connectivity index (χ3n) is 4.43. The first kappa shape index (κ1) is 14.3. The van der Waals surface area contributed by atoms with Crippen LogP contribution in [0.3, 0.4) is 0 Å². The number of hydrogen-bond acceptors (Lipinski definition) is 6. The quantitative estimate of drug-likeness (QED) is 0.663. The number of benzene rings is 1. The molecule has 0 aliphatic carbocycles. The van der Waals surface area contributed by atoms with E-state index in [1.54, 1.807) is 31.2 Å². The number of aryl methyl sites for hydroxylation is 1. The summed E-state index contributed by atoms with van der Waals surface area (Å²) in [6.45, 7) is 1.75. The second kappa shape index (κ2) is 4.60. The number of nitrogens with two attached hydrogens (primary N) is 1. The number of fused-ring (bicyclic) bond motifs is 4.